The van der Waals surface area contributed by atoms with Gasteiger partial charge < -0.3 is 5.73 Å². The Balaban J connectivity index is 2.36. The van der Waals surface area contributed by atoms with Crippen molar-refractivity contribution in [2.75, 3.05) is 6.54 Å². The number of nitro benzene ring substituents is 1. The Morgan fingerprint density at radius 3 is 2.59 bits per heavy atom. The maximum atomic E-state index is 12.6. The van der Waals surface area contributed by atoms with E-state index in [9.17, 15) is 18.5 Å². The van der Waals surface area contributed by atoms with Crippen LogP contribution >= 0.6 is 0 Å². The van der Waals surface area contributed by atoms with Crippen molar-refractivity contribution in [1.29, 1.82) is 0 Å². The molecule has 122 valence electrons. The second-order valence-electron chi connectivity index (χ2n) is 5.69. The van der Waals surface area contributed by atoms with E-state index >= 15 is 0 Å². The Labute approximate surface area is 130 Å². The third-order valence-corrected chi connectivity index (χ3v) is 5.87. The minimum absolute atomic E-state index is 0.184. The summed E-state index contributed by atoms with van der Waals surface area (Å²) in [4.78, 5) is 10.2. The molecule has 0 aromatic heterocycles. The first-order valence-electron chi connectivity index (χ1n) is 7.33. The second kappa shape index (κ2) is 6.72. The zero-order valence-electron chi connectivity index (χ0n) is 12.5. The quantitative estimate of drug-likeness (QED) is 0.609. The van der Waals surface area contributed by atoms with Crippen LogP contribution in [0.4, 0.5) is 5.69 Å². The van der Waals surface area contributed by atoms with Gasteiger partial charge in [0.15, 0.2) is 4.90 Å². The summed E-state index contributed by atoms with van der Waals surface area (Å²) in [5.41, 5.74) is 5.66. The molecular weight excluding hydrogens is 306 g/mol. The fraction of sp³-hybridized carbons (Fsp3) is 0.571. The summed E-state index contributed by atoms with van der Waals surface area (Å²) in [7, 11) is -3.99. The predicted octanol–water partition coefficient (Wildman–Crippen LogP) is 1.70. The van der Waals surface area contributed by atoms with Gasteiger partial charge in [0.25, 0.3) is 5.69 Å². The van der Waals surface area contributed by atoms with Crippen molar-refractivity contribution in [2.24, 2.45) is 11.7 Å². The molecule has 0 spiro atoms. The summed E-state index contributed by atoms with van der Waals surface area (Å²) >= 11 is 0. The number of rotatable bonds is 6. The van der Waals surface area contributed by atoms with Gasteiger partial charge >= 0.3 is 0 Å². The lowest BCUT2D eigenvalue weighted by Crippen LogP contribution is -2.44. The van der Waals surface area contributed by atoms with E-state index in [2.05, 4.69) is 4.72 Å². The van der Waals surface area contributed by atoms with Crippen LogP contribution < -0.4 is 10.5 Å². The Morgan fingerprint density at radius 1 is 1.41 bits per heavy atom. The van der Waals surface area contributed by atoms with Crippen LogP contribution in [0.5, 0.6) is 0 Å². The standard InChI is InChI=1S/C14H21N3O4S/c1-10-5-4-8-13(17(18)19)14(10)22(20,21)16-12(9-15)11-6-2-3-7-11/h4-5,8,11-12,16H,2-3,6-7,9,15H2,1H3. The van der Waals surface area contributed by atoms with Crippen molar-refractivity contribution in [3.63, 3.8) is 0 Å². The smallest absolute Gasteiger partial charge is 0.289 e. The van der Waals surface area contributed by atoms with E-state index in [1.165, 1.54) is 12.1 Å². The molecule has 7 nitrogen and oxygen atoms in total. The van der Waals surface area contributed by atoms with Gasteiger partial charge in [0.2, 0.25) is 10.0 Å². The van der Waals surface area contributed by atoms with E-state index in [-0.39, 0.29) is 23.4 Å². The van der Waals surface area contributed by atoms with E-state index in [4.69, 9.17) is 5.73 Å². The lowest BCUT2D eigenvalue weighted by atomic mass is 9.99. The molecule has 0 bridgehead atoms. The molecule has 0 heterocycles. The minimum Gasteiger partial charge on any atom is -0.329 e. The first kappa shape index (κ1) is 16.9. The average Bonchev–Trinajstić information content (AvgIpc) is 2.98. The number of hydrogen-bond acceptors (Lipinski definition) is 5. The average molecular weight is 327 g/mol. The lowest BCUT2D eigenvalue weighted by molar-refractivity contribution is -0.387. The van der Waals surface area contributed by atoms with Gasteiger partial charge in [-0.05, 0) is 31.2 Å². The van der Waals surface area contributed by atoms with Crippen LogP contribution in [0.3, 0.4) is 0 Å². The number of nitrogens with one attached hydrogen (secondary N) is 1. The Morgan fingerprint density at radius 2 is 2.05 bits per heavy atom. The molecule has 1 saturated carbocycles. The maximum absolute atomic E-state index is 12.6. The Bertz CT molecular complexity index is 654. The Kier molecular flexibility index (Phi) is 5.15. The van der Waals surface area contributed by atoms with Gasteiger partial charge in [0, 0.05) is 18.7 Å². The van der Waals surface area contributed by atoms with Crippen LogP contribution in [-0.4, -0.2) is 25.9 Å². The van der Waals surface area contributed by atoms with E-state index < -0.39 is 20.6 Å². The molecule has 1 aliphatic rings. The first-order valence-corrected chi connectivity index (χ1v) is 8.81. The highest BCUT2D eigenvalue weighted by molar-refractivity contribution is 7.89. The predicted molar refractivity (Wildman–Crippen MR) is 83.0 cm³/mol. The monoisotopic (exact) mass is 327 g/mol. The number of nitrogens with two attached hydrogens (primary N) is 1. The Hall–Kier alpha value is -1.51. The number of nitro groups is 1. The second-order valence-corrected chi connectivity index (χ2v) is 7.34. The zero-order chi connectivity index (χ0) is 16.3. The van der Waals surface area contributed by atoms with Crippen molar-refractivity contribution in [2.45, 2.75) is 43.5 Å². The fourth-order valence-electron chi connectivity index (χ4n) is 3.09. The molecule has 2 rings (SSSR count). The largest absolute Gasteiger partial charge is 0.329 e. The molecule has 1 aromatic rings. The van der Waals surface area contributed by atoms with Gasteiger partial charge in [-0.25, -0.2) is 13.1 Å². The van der Waals surface area contributed by atoms with Crippen molar-refractivity contribution < 1.29 is 13.3 Å². The van der Waals surface area contributed by atoms with Crippen LogP contribution in [0.25, 0.3) is 0 Å². The molecule has 1 atom stereocenters. The number of hydrogen-bond donors (Lipinski definition) is 2. The molecule has 0 saturated heterocycles. The number of benzene rings is 1. The molecule has 8 heteroatoms. The normalized spacial score (nSPS) is 17.5. The molecule has 1 aliphatic carbocycles. The summed E-state index contributed by atoms with van der Waals surface area (Å²) in [6, 6.07) is 3.85. The molecular formula is C14H21N3O4S. The van der Waals surface area contributed by atoms with Gasteiger partial charge in [-0.1, -0.05) is 25.0 Å². The van der Waals surface area contributed by atoms with Gasteiger partial charge in [0.1, 0.15) is 0 Å². The summed E-state index contributed by atoms with van der Waals surface area (Å²) in [6.45, 7) is 1.73. The molecule has 1 fully saturated rings. The van der Waals surface area contributed by atoms with Gasteiger partial charge in [-0.3, -0.25) is 10.1 Å². The molecule has 3 N–H and O–H groups in total. The summed E-state index contributed by atoms with van der Waals surface area (Å²) in [5, 5.41) is 11.1. The SMILES string of the molecule is Cc1cccc([N+](=O)[O-])c1S(=O)(=O)NC(CN)C1CCCC1. The molecule has 0 aliphatic heterocycles. The van der Waals surface area contributed by atoms with Crippen LogP contribution in [0.2, 0.25) is 0 Å². The third-order valence-electron chi connectivity index (χ3n) is 4.19. The van der Waals surface area contributed by atoms with E-state index in [0.29, 0.717) is 5.56 Å². The van der Waals surface area contributed by atoms with Crippen LogP contribution in [-0.2, 0) is 10.0 Å². The number of aryl methyl sites for hydroxylation is 1. The fourth-order valence-corrected chi connectivity index (χ4v) is 4.80. The topological polar surface area (TPSA) is 115 Å². The summed E-state index contributed by atoms with van der Waals surface area (Å²) < 4.78 is 27.8. The third kappa shape index (κ3) is 3.45. The van der Waals surface area contributed by atoms with Crippen molar-refractivity contribution in [1.82, 2.24) is 4.72 Å². The number of nitrogens with zero attached hydrogens (tertiary/aromatic N) is 1. The van der Waals surface area contributed by atoms with Crippen LogP contribution in [0, 0.1) is 23.0 Å². The lowest BCUT2D eigenvalue weighted by Gasteiger charge is -2.23. The first-order chi connectivity index (χ1) is 10.4. The minimum atomic E-state index is -3.99. The van der Waals surface area contributed by atoms with Crippen molar-refractivity contribution in [3.05, 3.63) is 33.9 Å². The zero-order valence-corrected chi connectivity index (χ0v) is 13.3. The maximum Gasteiger partial charge on any atom is 0.289 e. The summed E-state index contributed by atoms with van der Waals surface area (Å²) in [6.07, 6.45) is 3.99. The summed E-state index contributed by atoms with van der Waals surface area (Å²) in [5.74, 6) is 0.197. The van der Waals surface area contributed by atoms with E-state index in [1.54, 1.807) is 13.0 Å². The highest BCUT2D eigenvalue weighted by atomic mass is 32.2. The van der Waals surface area contributed by atoms with Gasteiger partial charge in [-0.15, -0.1) is 0 Å². The van der Waals surface area contributed by atoms with Gasteiger partial charge in [0.05, 0.1) is 4.92 Å². The van der Waals surface area contributed by atoms with Gasteiger partial charge in [-0.2, -0.15) is 0 Å². The molecule has 0 amide bonds. The highest BCUT2D eigenvalue weighted by Gasteiger charge is 2.33. The van der Waals surface area contributed by atoms with Crippen molar-refractivity contribution in [3.8, 4) is 0 Å². The van der Waals surface area contributed by atoms with E-state index in [0.717, 1.165) is 25.7 Å². The van der Waals surface area contributed by atoms with Crippen molar-refractivity contribution >= 4 is 15.7 Å². The number of sulfonamides is 1. The molecule has 22 heavy (non-hydrogen) atoms. The molecule has 1 aromatic carbocycles. The van der Waals surface area contributed by atoms with E-state index in [1.807, 2.05) is 0 Å². The molecule has 1 unspecified atom stereocenters. The van der Waals surface area contributed by atoms with Crippen LogP contribution in [0.1, 0.15) is 31.2 Å². The molecule has 0 radical (unpaired) electrons. The highest BCUT2D eigenvalue weighted by Crippen LogP contribution is 2.30. The van der Waals surface area contributed by atoms with Crippen LogP contribution in [0.15, 0.2) is 23.1 Å².